The van der Waals surface area contributed by atoms with Gasteiger partial charge in [0.1, 0.15) is 10.8 Å². The maximum atomic E-state index is 12.9. The minimum atomic E-state index is -4.62. The molecule has 1 aliphatic heterocycles. The molecule has 0 saturated carbocycles. The number of aromatic nitrogens is 3. The second-order valence-corrected chi connectivity index (χ2v) is 8.97. The summed E-state index contributed by atoms with van der Waals surface area (Å²) in [6.07, 6.45) is -5.55. The molecule has 0 spiro atoms. The molecule has 0 atom stereocenters. The van der Waals surface area contributed by atoms with Crippen molar-refractivity contribution in [1.82, 2.24) is 24.6 Å². The Morgan fingerprint density at radius 1 is 1.11 bits per heavy atom. The Kier molecular flexibility index (Phi) is 7.63. The minimum Gasteiger partial charge on any atom is -0.347 e. The molecule has 1 aromatic carbocycles. The molecule has 1 fully saturated rings. The summed E-state index contributed by atoms with van der Waals surface area (Å²) >= 11 is 0.933. The Labute approximate surface area is 211 Å². The van der Waals surface area contributed by atoms with Gasteiger partial charge in [-0.25, -0.2) is 18.7 Å². The van der Waals surface area contributed by atoms with E-state index in [0.717, 1.165) is 17.7 Å². The first-order valence-corrected chi connectivity index (χ1v) is 11.6. The van der Waals surface area contributed by atoms with Gasteiger partial charge in [0.05, 0.1) is 36.2 Å². The highest BCUT2D eigenvalue weighted by atomic mass is 32.1. The minimum absolute atomic E-state index is 0.00450. The van der Waals surface area contributed by atoms with E-state index in [9.17, 15) is 31.5 Å². The number of benzene rings is 1. The second kappa shape index (κ2) is 10.7. The van der Waals surface area contributed by atoms with Gasteiger partial charge < -0.3 is 16.0 Å². The van der Waals surface area contributed by atoms with Gasteiger partial charge in [0.15, 0.2) is 5.69 Å². The number of aryl methyl sites for hydroxylation is 1. The normalized spacial score (nSPS) is 14.4. The molecule has 3 aromatic rings. The zero-order valence-corrected chi connectivity index (χ0v) is 20.0. The van der Waals surface area contributed by atoms with Crippen LogP contribution >= 0.6 is 11.5 Å². The van der Waals surface area contributed by atoms with Gasteiger partial charge in [-0.2, -0.15) is 17.5 Å². The summed E-state index contributed by atoms with van der Waals surface area (Å²) in [6.45, 7) is 1.99. The van der Waals surface area contributed by atoms with Gasteiger partial charge in [0.2, 0.25) is 0 Å². The van der Waals surface area contributed by atoms with E-state index in [1.54, 1.807) is 11.8 Å². The number of nitrogens with zero attached hydrogens (tertiary/aromatic N) is 4. The van der Waals surface area contributed by atoms with E-state index in [4.69, 9.17) is 0 Å². The van der Waals surface area contributed by atoms with Crippen LogP contribution in [0, 0.1) is 6.92 Å². The predicted molar refractivity (Wildman–Crippen MR) is 125 cm³/mol. The van der Waals surface area contributed by atoms with Gasteiger partial charge >= 0.3 is 6.18 Å². The van der Waals surface area contributed by atoms with Crippen molar-refractivity contribution in [3.05, 3.63) is 59.2 Å². The number of nitrogens with one attached hydrogen (secondary N) is 3. The number of alkyl halides is 5. The maximum absolute atomic E-state index is 12.9. The van der Waals surface area contributed by atoms with Crippen LogP contribution in [0.1, 0.15) is 32.1 Å². The summed E-state index contributed by atoms with van der Waals surface area (Å²) in [7, 11) is 0. The van der Waals surface area contributed by atoms with Crippen LogP contribution in [0.4, 0.5) is 38.5 Å². The van der Waals surface area contributed by atoms with Crippen molar-refractivity contribution < 1.29 is 31.5 Å². The first-order valence-electron chi connectivity index (χ1n) is 10.8. The van der Waals surface area contributed by atoms with Gasteiger partial charge in [-0.05, 0) is 42.7 Å². The lowest BCUT2D eigenvalue weighted by Crippen LogP contribution is -2.60. The quantitative estimate of drug-likeness (QED) is 0.371. The predicted octanol–water partition coefficient (Wildman–Crippen LogP) is 3.94. The Morgan fingerprint density at radius 2 is 1.81 bits per heavy atom. The fourth-order valence-corrected chi connectivity index (χ4v) is 4.35. The number of hydrogen-bond donors (Lipinski definition) is 3. The molecule has 3 N–H and O–H groups in total. The number of halogens is 5. The van der Waals surface area contributed by atoms with Gasteiger partial charge in [-0.3, -0.25) is 14.5 Å². The lowest BCUT2D eigenvalue weighted by Gasteiger charge is -2.39. The monoisotopic (exact) mass is 541 g/mol. The number of rotatable bonds is 8. The van der Waals surface area contributed by atoms with E-state index in [1.807, 2.05) is 0 Å². The zero-order valence-electron chi connectivity index (χ0n) is 19.1. The molecular weight excluding hydrogens is 521 g/mol. The molecule has 2 aromatic heterocycles. The van der Waals surface area contributed by atoms with Crippen LogP contribution in [0.3, 0.4) is 0 Å². The van der Waals surface area contributed by atoms with Crippen molar-refractivity contribution in [1.29, 1.82) is 0 Å². The van der Waals surface area contributed by atoms with Crippen LogP contribution in [-0.2, 0) is 6.18 Å². The van der Waals surface area contributed by atoms with Crippen LogP contribution in [0.15, 0.2) is 36.7 Å². The third kappa shape index (κ3) is 6.54. The third-order valence-electron chi connectivity index (χ3n) is 5.37. The smallest absolute Gasteiger partial charge is 0.347 e. The van der Waals surface area contributed by atoms with Gasteiger partial charge in [0, 0.05) is 24.3 Å². The van der Waals surface area contributed by atoms with E-state index in [0.29, 0.717) is 36.2 Å². The molecule has 9 nitrogen and oxygen atoms in total. The van der Waals surface area contributed by atoms with Crippen molar-refractivity contribution in [2.75, 3.05) is 30.3 Å². The largest absolute Gasteiger partial charge is 0.434 e. The average molecular weight is 542 g/mol. The van der Waals surface area contributed by atoms with E-state index >= 15 is 0 Å². The Bertz CT molecular complexity index is 1260. The van der Waals surface area contributed by atoms with Crippen LogP contribution in [0.5, 0.6) is 0 Å². The summed E-state index contributed by atoms with van der Waals surface area (Å²) in [5, 5.41) is 8.48. The summed E-state index contributed by atoms with van der Waals surface area (Å²) in [5.74, 6) is -0.883. The number of amides is 2. The summed E-state index contributed by atoms with van der Waals surface area (Å²) in [5.41, 5.74) is 0.144. The Hall–Kier alpha value is -3.72. The molecule has 15 heteroatoms. The Balaban J connectivity index is 1.35. The van der Waals surface area contributed by atoms with Gasteiger partial charge in [-0.1, -0.05) is 0 Å². The number of anilines is 3. The van der Waals surface area contributed by atoms with E-state index in [1.165, 1.54) is 24.3 Å². The second-order valence-electron chi connectivity index (χ2n) is 8.19. The number of hydrogen-bond acceptors (Lipinski definition) is 8. The summed E-state index contributed by atoms with van der Waals surface area (Å²) in [6, 6.07) is 5.87. The molecule has 0 radical (unpaired) electrons. The van der Waals surface area contributed by atoms with Crippen LogP contribution in [0.25, 0.3) is 0 Å². The van der Waals surface area contributed by atoms with Crippen molar-refractivity contribution >= 4 is 39.9 Å². The van der Waals surface area contributed by atoms with Gasteiger partial charge in [0.25, 0.3) is 18.2 Å². The van der Waals surface area contributed by atoms with E-state index < -0.39 is 24.2 Å². The molecule has 37 heavy (non-hydrogen) atoms. The molecule has 1 saturated heterocycles. The topological polar surface area (TPSA) is 112 Å². The van der Waals surface area contributed by atoms with Crippen LogP contribution in [0.2, 0.25) is 0 Å². The molecule has 2 amide bonds. The third-order valence-corrected chi connectivity index (χ3v) is 6.22. The highest BCUT2D eigenvalue weighted by molar-refractivity contribution is 7.10. The van der Waals surface area contributed by atoms with Crippen molar-refractivity contribution in [2.24, 2.45) is 0 Å². The number of carbonyl (C=O) groups excluding carboxylic acids is 2. The molecule has 3 heterocycles. The molecule has 196 valence electrons. The molecule has 0 unspecified atom stereocenters. The molecule has 0 bridgehead atoms. The van der Waals surface area contributed by atoms with Crippen molar-refractivity contribution in [2.45, 2.75) is 25.6 Å². The fourth-order valence-electron chi connectivity index (χ4n) is 3.55. The SMILES string of the molecule is Cc1nsc(Nc2cnc(C(F)(F)F)cn2)c1C(=O)Nc1ccc(C(=O)NC2CN(CC(F)F)C2)cc1. The van der Waals surface area contributed by atoms with Gasteiger partial charge in [-0.15, -0.1) is 0 Å². The highest BCUT2D eigenvalue weighted by Gasteiger charge is 2.33. The first kappa shape index (κ1) is 26.3. The number of carbonyl (C=O) groups is 2. The molecular formula is C22H20F5N7O2S. The first-order chi connectivity index (χ1) is 17.5. The molecule has 4 rings (SSSR count). The van der Waals surface area contributed by atoms with Crippen molar-refractivity contribution in [3.63, 3.8) is 0 Å². The summed E-state index contributed by atoms with van der Waals surface area (Å²) in [4.78, 5) is 33.8. The zero-order chi connectivity index (χ0) is 26.7. The van der Waals surface area contributed by atoms with E-state index in [2.05, 4.69) is 30.3 Å². The maximum Gasteiger partial charge on any atom is 0.434 e. The highest BCUT2D eigenvalue weighted by Crippen LogP contribution is 2.30. The van der Waals surface area contributed by atoms with Crippen molar-refractivity contribution in [3.8, 4) is 0 Å². The summed E-state index contributed by atoms with van der Waals surface area (Å²) < 4.78 is 66.9. The lowest BCUT2D eigenvalue weighted by molar-refractivity contribution is -0.141. The molecule has 0 aliphatic carbocycles. The fraction of sp³-hybridized carbons (Fsp3) is 0.318. The lowest BCUT2D eigenvalue weighted by atomic mass is 10.1. The standard InChI is InChI=1S/C22H20F5N7O2S/c1-11-18(21(37-33-11)32-17-7-28-15(6-29-17)22(25,26)27)20(36)30-13-4-2-12(3-5-13)19(35)31-14-8-34(9-14)10-16(23)24/h2-7,14,16H,8-10H2,1H3,(H,29,32)(H,30,36)(H,31,35). The van der Waals surface area contributed by atoms with Crippen LogP contribution in [-0.4, -0.2) is 63.2 Å². The van der Waals surface area contributed by atoms with Crippen LogP contribution < -0.4 is 16.0 Å². The number of likely N-dealkylation sites (tertiary alicyclic amines) is 1. The average Bonchev–Trinajstić information content (AvgIpc) is 3.17. The van der Waals surface area contributed by atoms with E-state index in [-0.39, 0.29) is 34.9 Å². The Morgan fingerprint density at radius 3 is 2.41 bits per heavy atom. The molecule has 1 aliphatic rings.